The molecule has 0 aliphatic carbocycles. The quantitative estimate of drug-likeness (QED) is 0.485. The molecule has 7 nitrogen and oxygen atoms in total. The normalized spacial score (nSPS) is 19.9. The number of nitroso groups, excluding NO2 is 1. The van der Waals surface area contributed by atoms with E-state index in [1.54, 1.807) is 0 Å². The maximum absolute atomic E-state index is 14.2. The van der Waals surface area contributed by atoms with Crippen molar-refractivity contribution in [3.8, 4) is 5.75 Å². The Labute approximate surface area is 126 Å². The standard InChI is InChI=1S/C14H17FN3O4/c1-22-13-7-11(10(15)6-12(13)18(20)21)16-4-2-14(3-5-16)8-17(19)9-14/h6-7H,2-5,8-9H2,1H3/q+1. The van der Waals surface area contributed by atoms with Crippen LogP contribution in [-0.4, -0.2) is 43.0 Å². The molecule has 2 heterocycles. The fourth-order valence-electron chi connectivity index (χ4n) is 3.32. The number of nitro groups is 1. The van der Waals surface area contributed by atoms with Crippen molar-refractivity contribution in [3.63, 3.8) is 0 Å². The van der Waals surface area contributed by atoms with Crippen molar-refractivity contribution >= 4 is 11.4 Å². The molecule has 22 heavy (non-hydrogen) atoms. The summed E-state index contributed by atoms with van der Waals surface area (Å²) in [7, 11) is 1.33. The average Bonchev–Trinajstić information content (AvgIpc) is 2.46. The minimum Gasteiger partial charge on any atom is -0.490 e. The van der Waals surface area contributed by atoms with Crippen LogP contribution in [0.1, 0.15) is 12.8 Å². The molecular weight excluding hydrogens is 293 g/mol. The molecule has 3 rings (SSSR count). The molecule has 1 aromatic carbocycles. The van der Waals surface area contributed by atoms with E-state index in [1.165, 1.54) is 13.2 Å². The summed E-state index contributed by atoms with van der Waals surface area (Å²) in [6.07, 6.45) is 1.65. The molecular formula is C14H17FN3O4+. The summed E-state index contributed by atoms with van der Waals surface area (Å²) in [5.74, 6) is -0.571. The Morgan fingerprint density at radius 1 is 1.36 bits per heavy atom. The second-order valence-electron chi connectivity index (χ2n) is 6.02. The highest BCUT2D eigenvalue weighted by Crippen LogP contribution is 2.41. The summed E-state index contributed by atoms with van der Waals surface area (Å²) in [4.78, 5) is 23.2. The van der Waals surface area contributed by atoms with Gasteiger partial charge in [-0.3, -0.25) is 10.1 Å². The molecule has 0 bridgehead atoms. The Bertz CT molecular complexity index is 631. The van der Waals surface area contributed by atoms with Gasteiger partial charge in [-0.05, 0) is 17.6 Å². The molecule has 118 valence electrons. The van der Waals surface area contributed by atoms with Crippen molar-refractivity contribution in [2.45, 2.75) is 12.8 Å². The van der Waals surface area contributed by atoms with E-state index in [4.69, 9.17) is 4.74 Å². The molecule has 1 aromatic rings. The van der Waals surface area contributed by atoms with Gasteiger partial charge in [-0.15, -0.1) is 0 Å². The van der Waals surface area contributed by atoms with Gasteiger partial charge < -0.3 is 9.64 Å². The van der Waals surface area contributed by atoms with Crippen LogP contribution in [0, 0.1) is 26.3 Å². The van der Waals surface area contributed by atoms with Gasteiger partial charge >= 0.3 is 5.69 Å². The number of nitro benzene ring substituents is 1. The van der Waals surface area contributed by atoms with Crippen LogP contribution in [0.4, 0.5) is 15.8 Å². The van der Waals surface area contributed by atoms with Gasteiger partial charge in [0.25, 0.3) is 0 Å². The highest BCUT2D eigenvalue weighted by Gasteiger charge is 2.52. The van der Waals surface area contributed by atoms with Crippen LogP contribution in [0.25, 0.3) is 0 Å². The van der Waals surface area contributed by atoms with Gasteiger partial charge in [-0.2, -0.15) is 0 Å². The largest absolute Gasteiger partial charge is 0.490 e. The van der Waals surface area contributed by atoms with Crippen molar-refractivity contribution in [2.75, 3.05) is 38.2 Å². The zero-order valence-corrected chi connectivity index (χ0v) is 12.2. The summed E-state index contributed by atoms with van der Waals surface area (Å²) in [5.41, 5.74) is 0.00776. The first-order valence-corrected chi connectivity index (χ1v) is 7.13. The molecule has 0 atom stereocenters. The number of methoxy groups -OCH3 is 1. The van der Waals surface area contributed by atoms with Gasteiger partial charge in [0.1, 0.15) is 0 Å². The van der Waals surface area contributed by atoms with Crippen LogP contribution >= 0.6 is 0 Å². The van der Waals surface area contributed by atoms with Crippen molar-refractivity contribution < 1.29 is 18.8 Å². The van der Waals surface area contributed by atoms with E-state index >= 15 is 0 Å². The maximum Gasteiger partial charge on any atom is 0.313 e. The van der Waals surface area contributed by atoms with Gasteiger partial charge in [0.2, 0.25) is 13.1 Å². The summed E-state index contributed by atoms with van der Waals surface area (Å²) >= 11 is 0. The Morgan fingerprint density at radius 2 is 2.00 bits per heavy atom. The van der Waals surface area contributed by atoms with Crippen LogP contribution < -0.4 is 9.64 Å². The predicted octanol–water partition coefficient (Wildman–Crippen LogP) is 2.12. The molecule has 2 saturated heterocycles. The number of ether oxygens (including phenoxy) is 1. The van der Waals surface area contributed by atoms with Crippen LogP contribution in [0.3, 0.4) is 0 Å². The summed E-state index contributed by atoms with van der Waals surface area (Å²) in [6.45, 7) is 2.36. The highest BCUT2D eigenvalue weighted by atomic mass is 19.1. The summed E-state index contributed by atoms with van der Waals surface area (Å²) in [6, 6.07) is 2.29. The SMILES string of the molecule is COc1cc(N2CCC3(CC2)C[N+](=O)C3)c(F)cc1[N+](=O)[O-]. The van der Waals surface area contributed by atoms with E-state index in [0.717, 1.165) is 23.7 Å². The van der Waals surface area contributed by atoms with E-state index in [0.29, 0.717) is 31.9 Å². The average molecular weight is 310 g/mol. The highest BCUT2D eigenvalue weighted by molar-refractivity contribution is 5.60. The number of rotatable bonds is 3. The van der Waals surface area contributed by atoms with E-state index in [1.807, 2.05) is 4.90 Å². The molecule has 8 heteroatoms. The molecule has 2 aliphatic heterocycles. The number of halogens is 1. The zero-order chi connectivity index (χ0) is 15.9. The number of piperidine rings is 1. The lowest BCUT2D eigenvalue weighted by atomic mass is 9.73. The van der Waals surface area contributed by atoms with E-state index in [-0.39, 0.29) is 16.9 Å². The maximum atomic E-state index is 14.2. The predicted molar refractivity (Wildman–Crippen MR) is 76.8 cm³/mol. The molecule has 0 unspecified atom stereocenters. The lowest BCUT2D eigenvalue weighted by molar-refractivity contribution is -0.646. The second kappa shape index (κ2) is 5.19. The van der Waals surface area contributed by atoms with E-state index < -0.39 is 10.7 Å². The third-order valence-corrected chi connectivity index (χ3v) is 4.63. The van der Waals surface area contributed by atoms with Crippen LogP contribution in [0.2, 0.25) is 0 Å². The van der Waals surface area contributed by atoms with Gasteiger partial charge in [0.05, 0.1) is 29.2 Å². The number of anilines is 1. The summed E-state index contributed by atoms with van der Waals surface area (Å²) in [5, 5.41) is 10.9. The first-order chi connectivity index (χ1) is 10.4. The Balaban J connectivity index is 1.81. The Hall–Kier alpha value is -2.25. The Morgan fingerprint density at radius 3 is 2.50 bits per heavy atom. The van der Waals surface area contributed by atoms with Gasteiger partial charge in [0, 0.05) is 24.1 Å². The lowest BCUT2D eigenvalue weighted by Gasteiger charge is -2.42. The number of hydrogen-bond donors (Lipinski definition) is 0. The molecule has 2 aliphatic rings. The first kappa shape index (κ1) is 14.7. The van der Waals surface area contributed by atoms with E-state index in [2.05, 4.69) is 0 Å². The van der Waals surface area contributed by atoms with Crippen LogP contribution in [0.5, 0.6) is 5.75 Å². The van der Waals surface area contributed by atoms with Crippen molar-refractivity contribution in [2.24, 2.45) is 5.41 Å². The Kier molecular flexibility index (Phi) is 3.46. The monoisotopic (exact) mass is 310 g/mol. The molecule has 0 radical (unpaired) electrons. The minimum atomic E-state index is -0.659. The third-order valence-electron chi connectivity index (χ3n) is 4.63. The number of benzene rings is 1. The molecule has 0 saturated carbocycles. The lowest BCUT2D eigenvalue weighted by Crippen LogP contribution is -2.55. The smallest absolute Gasteiger partial charge is 0.313 e. The van der Waals surface area contributed by atoms with Crippen LogP contribution in [0.15, 0.2) is 12.1 Å². The van der Waals surface area contributed by atoms with E-state index in [9.17, 15) is 19.4 Å². The second-order valence-corrected chi connectivity index (χ2v) is 6.02. The van der Waals surface area contributed by atoms with Gasteiger partial charge in [-0.1, -0.05) is 0 Å². The molecule has 0 N–H and O–H groups in total. The summed E-state index contributed by atoms with van der Waals surface area (Å²) < 4.78 is 20.2. The molecule has 0 aromatic heterocycles. The van der Waals surface area contributed by atoms with Crippen molar-refractivity contribution in [1.82, 2.24) is 0 Å². The first-order valence-electron chi connectivity index (χ1n) is 7.13. The molecule has 2 fully saturated rings. The third kappa shape index (κ3) is 2.38. The fourth-order valence-corrected chi connectivity index (χ4v) is 3.32. The molecule has 1 spiro atoms. The van der Waals surface area contributed by atoms with Gasteiger partial charge in [-0.25, -0.2) is 4.39 Å². The van der Waals surface area contributed by atoms with Crippen molar-refractivity contribution in [1.29, 1.82) is 0 Å². The minimum absolute atomic E-state index is 0.0519. The van der Waals surface area contributed by atoms with Gasteiger partial charge in [0.15, 0.2) is 11.6 Å². The van der Waals surface area contributed by atoms with Crippen molar-refractivity contribution in [3.05, 3.63) is 33.0 Å². The number of hydrogen-bond acceptors (Lipinski definition) is 5. The topological polar surface area (TPSA) is 75.7 Å². The fraction of sp³-hybridized carbons (Fsp3) is 0.571. The zero-order valence-electron chi connectivity index (χ0n) is 12.2. The van der Waals surface area contributed by atoms with Crippen LogP contribution in [-0.2, 0) is 0 Å². The number of nitrogens with zero attached hydrogens (tertiary/aromatic N) is 3. The molecule has 0 amide bonds.